The molecule has 0 saturated heterocycles. The molecule has 6 heteroatoms. The van der Waals surface area contributed by atoms with Gasteiger partial charge in [-0.05, 0) is 26.0 Å². The summed E-state index contributed by atoms with van der Waals surface area (Å²) in [6, 6.07) is 3.54. The lowest BCUT2D eigenvalue weighted by molar-refractivity contribution is 0.102. The van der Waals surface area contributed by atoms with Crippen LogP contribution in [-0.4, -0.2) is 27.6 Å². The van der Waals surface area contributed by atoms with Gasteiger partial charge in [-0.2, -0.15) is 0 Å². The summed E-state index contributed by atoms with van der Waals surface area (Å²) in [6.45, 7) is 3.47. The smallest absolute Gasteiger partial charge is 0.259 e. The maximum absolute atomic E-state index is 12.1. The van der Waals surface area contributed by atoms with E-state index in [0.29, 0.717) is 21.3 Å². The maximum atomic E-state index is 12.1. The van der Waals surface area contributed by atoms with Gasteiger partial charge in [-0.25, -0.2) is 4.98 Å². The number of aromatic nitrogens is 2. The van der Waals surface area contributed by atoms with E-state index >= 15 is 0 Å². The molecule has 0 spiro atoms. The third-order valence-corrected chi connectivity index (χ3v) is 3.31. The fourth-order valence-corrected chi connectivity index (χ4v) is 2.29. The van der Waals surface area contributed by atoms with Gasteiger partial charge in [0, 0.05) is 5.69 Å². The third kappa shape index (κ3) is 3.41. The maximum Gasteiger partial charge on any atom is 0.259 e. The van der Waals surface area contributed by atoms with Crippen molar-refractivity contribution in [3.8, 4) is 11.8 Å². The van der Waals surface area contributed by atoms with Crippen molar-refractivity contribution in [1.29, 1.82) is 0 Å². The fraction of sp³-hybridized carbons (Fsp3) is 0.214. The van der Waals surface area contributed by atoms with Gasteiger partial charge in [0.2, 0.25) is 0 Å². The highest BCUT2D eigenvalue weighted by Gasteiger charge is 2.12. The van der Waals surface area contributed by atoms with Crippen molar-refractivity contribution in [3.63, 3.8) is 0 Å². The molecule has 0 bridgehead atoms. The fourth-order valence-electron chi connectivity index (χ4n) is 1.61. The highest BCUT2D eigenvalue weighted by atomic mass is 32.1. The number of carbonyl (C=O) groups is 1. The van der Waals surface area contributed by atoms with Crippen LogP contribution in [0.3, 0.4) is 0 Å². The second kappa shape index (κ2) is 6.28. The molecule has 1 amide bonds. The molecule has 0 atom stereocenters. The summed E-state index contributed by atoms with van der Waals surface area (Å²) in [6.07, 6.45) is 1.56. The zero-order valence-electron chi connectivity index (χ0n) is 11.1. The first-order valence-corrected chi connectivity index (χ1v) is 6.73. The summed E-state index contributed by atoms with van der Waals surface area (Å²) < 4.78 is 0. The molecule has 0 aliphatic rings. The molecular weight excluding hydrogens is 274 g/mol. The van der Waals surface area contributed by atoms with Crippen LogP contribution in [0.25, 0.3) is 0 Å². The van der Waals surface area contributed by atoms with Crippen LogP contribution in [0.15, 0.2) is 18.3 Å². The molecule has 0 fully saturated rings. The number of aliphatic hydroxyl groups excluding tert-OH is 1. The normalized spacial score (nSPS) is 9.75. The average Bonchev–Trinajstić information content (AvgIpc) is 2.83. The molecular formula is C14H13N3O2S. The molecule has 2 rings (SSSR count). The van der Waals surface area contributed by atoms with E-state index < -0.39 is 0 Å². The van der Waals surface area contributed by atoms with Crippen LogP contribution in [0.2, 0.25) is 0 Å². The Kier molecular flexibility index (Phi) is 4.45. The minimum atomic E-state index is -0.244. The summed E-state index contributed by atoms with van der Waals surface area (Å²) in [5, 5.41) is 11.8. The SMILES string of the molecule is Cc1ccc(C(=O)Nc2ncc(C#CCO)s2)c(C)n1. The van der Waals surface area contributed by atoms with Gasteiger partial charge in [-0.15, -0.1) is 0 Å². The Morgan fingerprint density at radius 2 is 2.25 bits per heavy atom. The van der Waals surface area contributed by atoms with Crippen LogP contribution in [-0.2, 0) is 0 Å². The molecule has 20 heavy (non-hydrogen) atoms. The van der Waals surface area contributed by atoms with E-state index in [-0.39, 0.29) is 12.5 Å². The zero-order chi connectivity index (χ0) is 14.5. The van der Waals surface area contributed by atoms with Gasteiger partial charge >= 0.3 is 0 Å². The Balaban J connectivity index is 2.13. The monoisotopic (exact) mass is 287 g/mol. The van der Waals surface area contributed by atoms with E-state index in [2.05, 4.69) is 27.1 Å². The first-order valence-electron chi connectivity index (χ1n) is 5.91. The highest BCUT2D eigenvalue weighted by molar-refractivity contribution is 7.16. The number of nitrogens with zero attached hydrogens (tertiary/aromatic N) is 2. The number of carbonyl (C=O) groups excluding carboxylic acids is 1. The molecule has 0 aliphatic heterocycles. The van der Waals surface area contributed by atoms with Crippen LogP contribution >= 0.6 is 11.3 Å². The standard InChI is InChI=1S/C14H13N3O2S/c1-9-5-6-12(10(2)16-9)13(19)17-14-15-8-11(20-14)4-3-7-18/h5-6,8,18H,7H2,1-2H3,(H,15,17,19). The van der Waals surface area contributed by atoms with Crippen molar-refractivity contribution in [2.45, 2.75) is 13.8 Å². The number of aryl methyl sites for hydroxylation is 2. The molecule has 0 saturated carbocycles. The number of thiazole rings is 1. The first kappa shape index (κ1) is 14.2. The largest absolute Gasteiger partial charge is 0.384 e. The highest BCUT2D eigenvalue weighted by Crippen LogP contribution is 2.18. The topological polar surface area (TPSA) is 75.1 Å². The van der Waals surface area contributed by atoms with Crippen molar-refractivity contribution in [2.24, 2.45) is 0 Å². The van der Waals surface area contributed by atoms with Gasteiger partial charge in [-0.1, -0.05) is 23.2 Å². The van der Waals surface area contributed by atoms with Gasteiger partial charge < -0.3 is 5.11 Å². The molecule has 2 heterocycles. The molecule has 0 radical (unpaired) electrons. The summed E-state index contributed by atoms with van der Waals surface area (Å²) in [5.74, 6) is 5.03. The number of nitrogens with one attached hydrogen (secondary N) is 1. The quantitative estimate of drug-likeness (QED) is 0.825. The number of aliphatic hydroxyl groups is 1. The van der Waals surface area contributed by atoms with Gasteiger partial charge in [0.1, 0.15) is 6.61 Å². The second-order valence-electron chi connectivity index (χ2n) is 4.03. The van der Waals surface area contributed by atoms with Crippen LogP contribution in [0.1, 0.15) is 26.6 Å². The Morgan fingerprint density at radius 1 is 1.45 bits per heavy atom. The van der Waals surface area contributed by atoms with E-state index in [4.69, 9.17) is 5.11 Å². The van der Waals surface area contributed by atoms with E-state index in [1.165, 1.54) is 11.3 Å². The van der Waals surface area contributed by atoms with Crippen LogP contribution in [0.5, 0.6) is 0 Å². The van der Waals surface area contributed by atoms with Crippen LogP contribution in [0.4, 0.5) is 5.13 Å². The Morgan fingerprint density at radius 3 is 2.95 bits per heavy atom. The average molecular weight is 287 g/mol. The molecule has 2 N–H and O–H groups in total. The van der Waals surface area contributed by atoms with E-state index in [1.54, 1.807) is 25.3 Å². The molecule has 0 aliphatic carbocycles. The van der Waals surface area contributed by atoms with E-state index in [9.17, 15) is 4.79 Å². The van der Waals surface area contributed by atoms with E-state index in [1.807, 2.05) is 6.92 Å². The predicted octanol–water partition coefficient (Wildman–Crippen LogP) is 1.75. The molecule has 5 nitrogen and oxygen atoms in total. The number of pyridine rings is 1. The number of anilines is 1. The second-order valence-corrected chi connectivity index (χ2v) is 5.06. The summed E-state index contributed by atoms with van der Waals surface area (Å²) >= 11 is 1.26. The molecule has 2 aromatic rings. The number of amides is 1. The van der Waals surface area contributed by atoms with Gasteiger partial charge in [0.25, 0.3) is 5.91 Å². The van der Waals surface area contributed by atoms with Gasteiger partial charge in [-0.3, -0.25) is 15.1 Å². The minimum absolute atomic E-state index is 0.201. The number of rotatable bonds is 2. The predicted molar refractivity (Wildman–Crippen MR) is 77.7 cm³/mol. The van der Waals surface area contributed by atoms with Crippen molar-refractivity contribution < 1.29 is 9.90 Å². The molecule has 102 valence electrons. The summed E-state index contributed by atoms with van der Waals surface area (Å²) in [5.41, 5.74) is 2.07. The van der Waals surface area contributed by atoms with E-state index in [0.717, 1.165) is 5.69 Å². The molecule has 0 unspecified atom stereocenters. The van der Waals surface area contributed by atoms with Crippen molar-refractivity contribution in [2.75, 3.05) is 11.9 Å². The van der Waals surface area contributed by atoms with Gasteiger partial charge in [0.15, 0.2) is 5.13 Å². The van der Waals surface area contributed by atoms with Gasteiger partial charge in [0.05, 0.1) is 22.3 Å². The van der Waals surface area contributed by atoms with Crippen LogP contribution in [0, 0.1) is 25.7 Å². The van der Waals surface area contributed by atoms with Crippen molar-refractivity contribution >= 4 is 22.4 Å². The summed E-state index contributed by atoms with van der Waals surface area (Å²) in [4.78, 5) is 21.1. The number of hydrogen-bond donors (Lipinski definition) is 2. The third-order valence-electron chi connectivity index (χ3n) is 2.49. The molecule has 0 aromatic carbocycles. The van der Waals surface area contributed by atoms with Crippen molar-refractivity contribution in [3.05, 3.63) is 40.2 Å². The zero-order valence-corrected chi connectivity index (χ0v) is 11.9. The lowest BCUT2D eigenvalue weighted by Gasteiger charge is -2.05. The Bertz CT molecular complexity index is 698. The Hall–Kier alpha value is -2.23. The molecule has 2 aromatic heterocycles. The first-order chi connectivity index (χ1) is 9.60. The van der Waals surface area contributed by atoms with Crippen LogP contribution < -0.4 is 5.32 Å². The lowest BCUT2D eigenvalue weighted by Crippen LogP contribution is -2.14. The van der Waals surface area contributed by atoms with Crippen molar-refractivity contribution in [1.82, 2.24) is 9.97 Å². The Labute approximate surface area is 120 Å². The summed E-state index contributed by atoms with van der Waals surface area (Å²) in [7, 11) is 0. The minimum Gasteiger partial charge on any atom is -0.384 e. The number of hydrogen-bond acceptors (Lipinski definition) is 5. The lowest BCUT2D eigenvalue weighted by atomic mass is 10.2.